The van der Waals surface area contributed by atoms with E-state index in [1.54, 1.807) is 0 Å². The summed E-state index contributed by atoms with van der Waals surface area (Å²) in [6.45, 7) is 0.135. The molecule has 2 rings (SSSR count). The van der Waals surface area contributed by atoms with E-state index in [4.69, 9.17) is 5.11 Å². The van der Waals surface area contributed by atoms with E-state index in [0.29, 0.717) is 6.42 Å². The second-order valence-corrected chi connectivity index (χ2v) is 8.57. The molecule has 1 aliphatic rings. The van der Waals surface area contributed by atoms with Gasteiger partial charge in [-0.25, -0.2) is 21.6 Å². The molecule has 0 saturated carbocycles. The zero-order valence-electron chi connectivity index (χ0n) is 11.8. The third-order valence-corrected chi connectivity index (χ3v) is 6.85. The SMILES string of the molecule is CNS(=O)(=O)c1ccc(S(=O)(=O)N2CCC[C@H]2C(=O)O)cc1. The highest BCUT2D eigenvalue weighted by molar-refractivity contribution is 7.89. The van der Waals surface area contributed by atoms with Gasteiger partial charge in [0.1, 0.15) is 6.04 Å². The van der Waals surface area contributed by atoms with Crippen LogP contribution in [0.15, 0.2) is 34.1 Å². The first-order valence-corrected chi connectivity index (χ1v) is 9.41. The van der Waals surface area contributed by atoms with Crippen LogP contribution in [0, 0.1) is 0 Å². The van der Waals surface area contributed by atoms with Crippen molar-refractivity contribution in [3.8, 4) is 0 Å². The Morgan fingerprint density at radius 2 is 1.73 bits per heavy atom. The molecule has 1 aliphatic heterocycles. The summed E-state index contributed by atoms with van der Waals surface area (Å²) in [5.41, 5.74) is 0. The Balaban J connectivity index is 2.37. The number of carboxylic acid groups (broad SMARTS) is 1. The first-order valence-electron chi connectivity index (χ1n) is 6.48. The number of nitrogens with zero attached hydrogens (tertiary/aromatic N) is 1. The molecule has 1 aromatic carbocycles. The molecule has 1 aromatic rings. The molecule has 0 aliphatic carbocycles. The third kappa shape index (κ3) is 3.00. The van der Waals surface area contributed by atoms with E-state index in [0.717, 1.165) is 16.4 Å². The molecular weight excluding hydrogens is 332 g/mol. The Morgan fingerprint density at radius 1 is 1.18 bits per heavy atom. The lowest BCUT2D eigenvalue weighted by Crippen LogP contribution is -2.40. The smallest absolute Gasteiger partial charge is 0.322 e. The van der Waals surface area contributed by atoms with Crippen molar-refractivity contribution in [1.29, 1.82) is 0 Å². The van der Waals surface area contributed by atoms with Gasteiger partial charge < -0.3 is 5.11 Å². The maximum atomic E-state index is 12.5. The minimum absolute atomic E-state index is 0.0647. The minimum atomic E-state index is -3.96. The summed E-state index contributed by atoms with van der Waals surface area (Å²) in [6, 6.07) is 3.59. The van der Waals surface area contributed by atoms with Gasteiger partial charge in [0.2, 0.25) is 20.0 Å². The largest absolute Gasteiger partial charge is 0.480 e. The van der Waals surface area contributed by atoms with Crippen LogP contribution < -0.4 is 4.72 Å². The summed E-state index contributed by atoms with van der Waals surface area (Å²) in [6.07, 6.45) is 0.739. The van der Waals surface area contributed by atoms with Crippen molar-refractivity contribution >= 4 is 26.0 Å². The molecule has 0 amide bonds. The molecule has 0 unspecified atom stereocenters. The first-order chi connectivity index (χ1) is 10.2. The Bertz CT molecular complexity index is 770. The van der Waals surface area contributed by atoms with Crippen LogP contribution in [0.4, 0.5) is 0 Å². The lowest BCUT2D eigenvalue weighted by Gasteiger charge is -2.21. The lowest BCUT2D eigenvalue weighted by molar-refractivity contribution is -0.140. The van der Waals surface area contributed by atoms with Gasteiger partial charge in [0.05, 0.1) is 9.79 Å². The number of hydrogen-bond donors (Lipinski definition) is 2. The van der Waals surface area contributed by atoms with Gasteiger partial charge in [0.25, 0.3) is 0 Å². The second kappa shape index (κ2) is 5.95. The summed E-state index contributed by atoms with van der Waals surface area (Å²) in [4.78, 5) is 10.9. The second-order valence-electron chi connectivity index (χ2n) is 4.79. The van der Waals surface area contributed by atoms with Gasteiger partial charge in [0.15, 0.2) is 0 Å². The Kier molecular flexibility index (Phi) is 4.57. The number of nitrogens with one attached hydrogen (secondary N) is 1. The molecule has 10 heteroatoms. The number of carbonyl (C=O) groups is 1. The number of hydrogen-bond acceptors (Lipinski definition) is 5. The molecule has 8 nitrogen and oxygen atoms in total. The molecule has 22 heavy (non-hydrogen) atoms. The maximum absolute atomic E-state index is 12.5. The van der Waals surface area contributed by atoms with Gasteiger partial charge in [-0.05, 0) is 44.2 Å². The number of benzene rings is 1. The fraction of sp³-hybridized carbons (Fsp3) is 0.417. The summed E-state index contributed by atoms with van der Waals surface area (Å²) in [7, 11) is -6.37. The molecule has 122 valence electrons. The van der Waals surface area contributed by atoms with Gasteiger partial charge >= 0.3 is 5.97 Å². The van der Waals surface area contributed by atoms with Crippen molar-refractivity contribution < 1.29 is 26.7 Å². The van der Waals surface area contributed by atoms with Crippen LogP contribution in [0.25, 0.3) is 0 Å². The lowest BCUT2D eigenvalue weighted by atomic mass is 10.2. The van der Waals surface area contributed by atoms with E-state index >= 15 is 0 Å². The standard InChI is InChI=1S/C12H16N2O6S2/c1-13-21(17,18)9-4-6-10(7-5-9)22(19,20)14-8-2-3-11(14)12(15)16/h4-7,11,13H,2-3,8H2,1H3,(H,15,16)/t11-/m0/s1. The molecule has 0 bridgehead atoms. The molecule has 2 N–H and O–H groups in total. The molecule has 0 radical (unpaired) electrons. The molecule has 1 heterocycles. The Hall–Kier alpha value is -1.49. The van der Waals surface area contributed by atoms with E-state index in [1.807, 2.05) is 0 Å². The highest BCUT2D eigenvalue weighted by Gasteiger charge is 2.39. The third-order valence-electron chi connectivity index (χ3n) is 3.50. The normalized spacial score (nSPS) is 20.1. The Morgan fingerprint density at radius 3 is 2.23 bits per heavy atom. The highest BCUT2D eigenvalue weighted by atomic mass is 32.2. The zero-order chi connectivity index (χ0) is 16.5. The van der Waals surface area contributed by atoms with Crippen LogP contribution >= 0.6 is 0 Å². The molecule has 1 atom stereocenters. The zero-order valence-corrected chi connectivity index (χ0v) is 13.4. The van der Waals surface area contributed by atoms with E-state index in [9.17, 15) is 21.6 Å². The van der Waals surface area contributed by atoms with E-state index in [-0.39, 0.29) is 22.8 Å². The predicted octanol–water partition coefficient (Wildman–Crippen LogP) is -0.168. The van der Waals surface area contributed by atoms with E-state index < -0.39 is 32.1 Å². The van der Waals surface area contributed by atoms with Crippen molar-refractivity contribution in [2.45, 2.75) is 28.7 Å². The van der Waals surface area contributed by atoms with Crippen LogP contribution in [0.1, 0.15) is 12.8 Å². The van der Waals surface area contributed by atoms with E-state index in [2.05, 4.69) is 4.72 Å². The average molecular weight is 348 g/mol. The highest BCUT2D eigenvalue weighted by Crippen LogP contribution is 2.26. The van der Waals surface area contributed by atoms with Crippen molar-refractivity contribution in [3.05, 3.63) is 24.3 Å². The summed E-state index contributed by atoms with van der Waals surface area (Å²) < 4.78 is 51.2. The fourth-order valence-corrected chi connectivity index (χ4v) is 4.70. The average Bonchev–Trinajstić information content (AvgIpc) is 2.98. The predicted molar refractivity (Wildman–Crippen MR) is 77.2 cm³/mol. The van der Waals surface area contributed by atoms with Crippen LogP contribution in [0.5, 0.6) is 0 Å². The monoisotopic (exact) mass is 348 g/mol. The Labute approximate surface area is 128 Å². The molecular formula is C12H16N2O6S2. The number of carboxylic acids is 1. The first kappa shape index (κ1) is 16.9. The summed E-state index contributed by atoms with van der Waals surface area (Å²) in [5.74, 6) is -1.18. The van der Waals surface area contributed by atoms with Gasteiger partial charge in [-0.3, -0.25) is 4.79 Å². The minimum Gasteiger partial charge on any atom is -0.480 e. The number of sulfonamides is 2. The molecule has 1 fully saturated rings. The van der Waals surface area contributed by atoms with Crippen LogP contribution in [-0.4, -0.2) is 51.9 Å². The van der Waals surface area contributed by atoms with Gasteiger partial charge in [-0.1, -0.05) is 0 Å². The summed E-state index contributed by atoms with van der Waals surface area (Å²) >= 11 is 0. The van der Waals surface area contributed by atoms with Gasteiger partial charge in [0, 0.05) is 6.54 Å². The van der Waals surface area contributed by atoms with Crippen LogP contribution in [0.3, 0.4) is 0 Å². The molecule has 0 aromatic heterocycles. The summed E-state index contributed by atoms with van der Waals surface area (Å²) in [5, 5.41) is 9.08. The quantitative estimate of drug-likeness (QED) is 0.762. The van der Waals surface area contributed by atoms with Gasteiger partial charge in [-0.2, -0.15) is 4.31 Å². The van der Waals surface area contributed by atoms with Crippen molar-refractivity contribution in [3.63, 3.8) is 0 Å². The van der Waals surface area contributed by atoms with E-state index in [1.165, 1.54) is 19.2 Å². The topological polar surface area (TPSA) is 121 Å². The number of rotatable bonds is 5. The molecule has 1 saturated heterocycles. The number of aliphatic carboxylic acids is 1. The van der Waals surface area contributed by atoms with Crippen molar-refractivity contribution in [2.24, 2.45) is 0 Å². The molecule has 0 spiro atoms. The van der Waals surface area contributed by atoms with Crippen molar-refractivity contribution in [2.75, 3.05) is 13.6 Å². The van der Waals surface area contributed by atoms with Gasteiger partial charge in [-0.15, -0.1) is 0 Å². The maximum Gasteiger partial charge on any atom is 0.322 e. The fourth-order valence-electron chi connectivity index (χ4n) is 2.32. The van der Waals surface area contributed by atoms with Crippen LogP contribution in [-0.2, 0) is 24.8 Å². The van der Waals surface area contributed by atoms with Crippen molar-refractivity contribution in [1.82, 2.24) is 9.03 Å². The van der Waals surface area contributed by atoms with Crippen LogP contribution in [0.2, 0.25) is 0 Å².